The third-order valence-corrected chi connectivity index (χ3v) is 4.79. The Kier molecular flexibility index (Phi) is 5.83. The van der Waals surface area contributed by atoms with Crippen LogP contribution < -0.4 is 5.32 Å². The van der Waals surface area contributed by atoms with E-state index in [4.69, 9.17) is 0 Å². The summed E-state index contributed by atoms with van der Waals surface area (Å²) < 4.78 is 22.6. The van der Waals surface area contributed by atoms with Crippen LogP contribution in [0.3, 0.4) is 0 Å². The highest BCUT2D eigenvalue weighted by molar-refractivity contribution is 7.89. The predicted octanol–water partition coefficient (Wildman–Crippen LogP) is 3.82. The van der Waals surface area contributed by atoms with Gasteiger partial charge in [0.15, 0.2) is 9.84 Å². The van der Waals surface area contributed by atoms with Gasteiger partial charge in [0.2, 0.25) is 0 Å². The van der Waals surface area contributed by atoms with Crippen molar-refractivity contribution < 1.29 is 8.42 Å². The molecule has 0 bridgehead atoms. The van der Waals surface area contributed by atoms with Gasteiger partial charge in [0, 0.05) is 19.3 Å². The van der Waals surface area contributed by atoms with Gasteiger partial charge in [0.05, 0.1) is 5.75 Å². The van der Waals surface area contributed by atoms with Crippen molar-refractivity contribution in [3.05, 3.63) is 70.8 Å². The summed E-state index contributed by atoms with van der Waals surface area (Å²) in [7, 11) is -2.97. The normalized spacial score (nSPS) is 12.3. The lowest BCUT2D eigenvalue weighted by Gasteiger charge is -2.19. The second-order valence-corrected chi connectivity index (χ2v) is 9.58. The second kappa shape index (κ2) is 7.49. The quantitative estimate of drug-likeness (QED) is 0.866. The van der Waals surface area contributed by atoms with Crippen molar-refractivity contribution in [3.8, 4) is 0 Å². The van der Waals surface area contributed by atoms with Crippen LogP contribution in [0.25, 0.3) is 0 Å². The highest BCUT2D eigenvalue weighted by Crippen LogP contribution is 2.22. The van der Waals surface area contributed by atoms with Crippen LogP contribution in [0.15, 0.2) is 48.5 Å². The fourth-order valence-electron chi connectivity index (χ4n) is 2.53. The molecule has 3 nitrogen and oxygen atoms in total. The zero-order valence-corrected chi connectivity index (χ0v) is 15.8. The van der Waals surface area contributed by atoms with E-state index in [1.807, 2.05) is 24.3 Å². The molecule has 24 heavy (non-hydrogen) atoms. The van der Waals surface area contributed by atoms with Gasteiger partial charge in [-0.05, 0) is 27.7 Å². The maximum Gasteiger partial charge on any atom is 0.151 e. The Labute approximate surface area is 146 Å². The number of hydrogen-bond donors (Lipinski definition) is 1. The first kappa shape index (κ1) is 18.7. The third-order valence-electron chi connectivity index (χ3n) is 3.93. The van der Waals surface area contributed by atoms with Gasteiger partial charge < -0.3 is 5.32 Å². The number of nitrogens with one attached hydrogen (secondary N) is 1. The molecule has 0 saturated carbocycles. The van der Waals surface area contributed by atoms with E-state index in [9.17, 15) is 8.42 Å². The Morgan fingerprint density at radius 2 is 1.21 bits per heavy atom. The van der Waals surface area contributed by atoms with Crippen LogP contribution in [0.5, 0.6) is 0 Å². The monoisotopic (exact) mass is 345 g/mol. The molecule has 0 aromatic heterocycles. The van der Waals surface area contributed by atoms with Crippen LogP contribution >= 0.6 is 0 Å². The lowest BCUT2D eigenvalue weighted by atomic mass is 9.87. The van der Waals surface area contributed by atoms with Crippen molar-refractivity contribution in [2.24, 2.45) is 0 Å². The van der Waals surface area contributed by atoms with Crippen LogP contribution in [0.1, 0.15) is 43.0 Å². The summed E-state index contributed by atoms with van der Waals surface area (Å²) in [6, 6.07) is 16.5. The van der Waals surface area contributed by atoms with Crippen LogP contribution in [0, 0.1) is 0 Å². The molecule has 0 saturated heterocycles. The molecule has 0 amide bonds. The molecule has 0 aliphatic rings. The van der Waals surface area contributed by atoms with Crippen molar-refractivity contribution in [1.29, 1.82) is 0 Å². The predicted molar refractivity (Wildman–Crippen MR) is 101 cm³/mol. The fraction of sp³-hybridized carbons (Fsp3) is 0.400. The standard InChI is InChI=1S/C20H27NO2S/c1-20(2,3)19-11-9-17(10-12-19)14-21-13-16-5-7-18(8-6-16)15-24(4,22)23/h5-12,21H,13-15H2,1-4H3. The Balaban J connectivity index is 1.86. The Morgan fingerprint density at radius 3 is 1.62 bits per heavy atom. The maximum atomic E-state index is 11.3. The van der Waals surface area contributed by atoms with E-state index >= 15 is 0 Å². The van der Waals surface area contributed by atoms with E-state index in [1.165, 1.54) is 17.4 Å². The van der Waals surface area contributed by atoms with E-state index in [1.54, 1.807) is 0 Å². The zero-order valence-electron chi connectivity index (χ0n) is 15.0. The summed E-state index contributed by atoms with van der Waals surface area (Å²) in [6.07, 6.45) is 1.26. The molecule has 0 unspecified atom stereocenters. The SMILES string of the molecule is CC(C)(C)c1ccc(CNCc2ccc(CS(C)(=O)=O)cc2)cc1. The van der Waals surface area contributed by atoms with Gasteiger partial charge >= 0.3 is 0 Å². The van der Waals surface area contributed by atoms with E-state index in [2.05, 4.69) is 50.4 Å². The Bertz CT molecular complexity index is 755. The molecule has 0 aliphatic carbocycles. The molecule has 2 aromatic carbocycles. The van der Waals surface area contributed by atoms with E-state index in [0.29, 0.717) is 0 Å². The first-order valence-corrected chi connectivity index (χ1v) is 10.3. The maximum absolute atomic E-state index is 11.3. The van der Waals surface area contributed by atoms with Crippen molar-refractivity contribution in [1.82, 2.24) is 5.32 Å². The lowest BCUT2D eigenvalue weighted by molar-refractivity contribution is 0.589. The van der Waals surface area contributed by atoms with E-state index < -0.39 is 9.84 Å². The van der Waals surface area contributed by atoms with Crippen LogP contribution in [0.4, 0.5) is 0 Å². The van der Waals surface area contributed by atoms with Crippen molar-refractivity contribution in [2.75, 3.05) is 6.26 Å². The smallest absolute Gasteiger partial charge is 0.151 e. The minimum Gasteiger partial charge on any atom is -0.309 e. The Hall–Kier alpha value is -1.65. The van der Waals surface area contributed by atoms with Gasteiger partial charge in [-0.2, -0.15) is 0 Å². The van der Waals surface area contributed by atoms with Crippen molar-refractivity contribution in [2.45, 2.75) is 45.0 Å². The van der Waals surface area contributed by atoms with Gasteiger partial charge in [-0.3, -0.25) is 0 Å². The number of rotatable bonds is 6. The average Bonchev–Trinajstić information content (AvgIpc) is 2.47. The van der Waals surface area contributed by atoms with Crippen molar-refractivity contribution >= 4 is 9.84 Å². The lowest BCUT2D eigenvalue weighted by Crippen LogP contribution is -2.14. The molecule has 0 aliphatic heterocycles. The first-order chi connectivity index (χ1) is 11.1. The van der Waals surface area contributed by atoms with E-state index in [0.717, 1.165) is 24.2 Å². The molecular formula is C20H27NO2S. The third kappa shape index (κ3) is 6.10. The first-order valence-electron chi connectivity index (χ1n) is 8.19. The summed E-state index contributed by atoms with van der Waals surface area (Å²) in [4.78, 5) is 0. The molecule has 130 valence electrons. The van der Waals surface area contributed by atoms with Gasteiger partial charge in [0.1, 0.15) is 0 Å². The number of benzene rings is 2. The summed E-state index contributed by atoms with van der Waals surface area (Å²) in [5.74, 6) is 0.0980. The largest absolute Gasteiger partial charge is 0.309 e. The average molecular weight is 346 g/mol. The molecule has 0 atom stereocenters. The molecule has 4 heteroatoms. The van der Waals surface area contributed by atoms with Gasteiger partial charge in [0.25, 0.3) is 0 Å². The molecule has 0 heterocycles. The summed E-state index contributed by atoms with van der Waals surface area (Å²) in [5, 5.41) is 3.43. The fourth-order valence-corrected chi connectivity index (χ4v) is 3.33. The minimum atomic E-state index is -2.97. The molecule has 2 aromatic rings. The summed E-state index contributed by atoms with van der Waals surface area (Å²) in [5.41, 5.74) is 4.77. The zero-order chi connectivity index (χ0) is 17.8. The van der Waals surface area contributed by atoms with E-state index in [-0.39, 0.29) is 11.2 Å². The van der Waals surface area contributed by atoms with Crippen LogP contribution in [-0.2, 0) is 34.1 Å². The molecule has 0 radical (unpaired) electrons. The topological polar surface area (TPSA) is 46.2 Å². The molecule has 2 rings (SSSR count). The molecule has 1 N–H and O–H groups in total. The Morgan fingerprint density at radius 1 is 0.792 bits per heavy atom. The van der Waals surface area contributed by atoms with Crippen LogP contribution in [0.2, 0.25) is 0 Å². The summed E-state index contributed by atoms with van der Waals surface area (Å²) in [6.45, 7) is 8.23. The van der Waals surface area contributed by atoms with Crippen molar-refractivity contribution in [3.63, 3.8) is 0 Å². The summed E-state index contributed by atoms with van der Waals surface area (Å²) >= 11 is 0. The van der Waals surface area contributed by atoms with Gasteiger partial charge in [-0.25, -0.2) is 8.42 Å². The molecule has 0 fully saturated rings. The highest BCUT2D eigenvalue weighted by atomic mass is 32.2. The van der Waals surface area contributed by atoms with Gasteiger partial charge in [-0.15, -0.1) is 0 Å². The highest BCUT2D eigenvalue weighted by Gasteiger charge is 2.12. The minimum absolute atomic E-state index is 0.0980. The van der Waals surface area contributed by atoms with Crippen LogP contribution in [-0.4, -0.2) is 14.7 Å². The molecular weight excluding hydrogens is 318 g/mol. The number of hydrogen-bond acceptors (Lipinski definition) is 3. The molecule has 0 spiro atoms. The number of sulfone groups is 1. The second-order valence-electron chi connectivity index (χ2n) is 7.44. The van der Waals surface area contributed by atoms with Gasteiger partial charge in [-0.1, -0.05) is 69.3 Å².